The fraction of sp³-hybridized carbons (Fsp3) is 0.500. The van der Waals surface area contributed by atoms with Gasteiger partial charge in [0.15, 0.2) is 0 Å². The van der Waals surface area contributed by atoms with Crippen LogP contribution in [0, 0.1) is 0 Å². The number of unbranched alkanes of at least 4 members (excludes halogenated alkanes) is 9. The van der Waals surface area contributed by atoms with E-state index in [-0.39, 0.29) is 14.3 Å². The largest absolute Gasteiger partial charge is 0.748 e. The first kappa shape index (κ1) is 25.8. The minimum absolute atomic E-state index is 0.191. The molecule has 0 heterocycles. The number of hydrogen-bond donors (Lipinski definition) is 0. The Morgan fingerprint density at radius 2 is 1.03 bits per heavy atom. The molecule has 0 unspecified atom stereocenters. The normalized spacial score (nSPS) is 11.0. The molecule has 0 aliphatic carbocycles. The van der Waals surface area contributed by atoms with Crippen molar-refractivity contribution in [3.63, 3.8) is 0 Å². The van der Waals surface area contributed by atoms with Crippen molar-refractivity contribution in [1.82, 2.24) is 0 Å². The average molecular weight is 437 g/mol. The first-order valence-electron chi connectivity index (χ1n) is 10.9. The van der Waals surface area contributed by atoms with Gasteiger partial charge < -0.3 is 4.55 Å². The molecule has 29 heavy (non-hydrogen) atoms. The second kappa shape index (κ2) is 16.6. The molecule has 0 aliphatic heterocycles. The van der Waals surface area contributed by atoms with Crippen molar-refractivity contribution in [2.75, 3.05) is 5.75 Å². The van der Waals surface area contributed by atoms with Crippen LogP contribution in [-0.4, -0.2) is 18.7 Å². The van der Waals surface area contributed by atoms with Crippen LogP contribution in [0.3, 0.4) is 0 Å². The van der Waals surface area contributed by atoms with Gasteiger partial charge in [0.05, 0.1) is 29.3 Å². The van der Waals surface area contributed by atoms with Gasteiger partial charge in [0, 0.05) is 5.75 Å². The van der Waals surface area contributed by atoms with Crippen LogP contribution in [0.25, 0.3) is 0 Å². The van der Waals surface area contributed by atoms with Gasteiger partial charge in [0.2, 0.25) is 0 Å². The predicted octanol–water partition coefficient (Wildman–Crippen LogP) is 5.50. The lowest BCUT2D eigenvalue weighted by molar-refractivity contribution is 0.459. The lowest BCUT2D eigenvalue weighted by atomic mass is 10.1. The lowest BCUT2D eigenvalue weighted by Gasteiger charge is -2.05. The maximum Gasteiger partial charge on any atom is 0.0945 e. The monoisotopic (exact) mass is 436 g/mol. The van der Waals surface area contributed by atoms with Gasteiger partial charge in [-0.05, 0) is 30.7 Å². The van der Waals surface area contributed by atoms with Crippen molar-refractivity contribution in [2.24, 2.45) is 0 Å². The zero-order valence-electron chi connectivity index (χ0n) is 17.8. The quantitative estimate of drug-likeness (QED) is 0.237. The fourth-order valence-corrected chi connectivity index (χ4v) is 4.83. The number of rotatable bonds is 13. The van der Waals surface area contributed by atoms with Crippen LogP contribution >= 0.6 is 8.58 Å². The van der Waals surface area contributed by atoms with Gasteiger partial charge in [0.25, 0.3) is 0 Å². The molecule has 0 aliphatic rings. The standard InChI is InChI=1S/C12H26O3S.C12H11P/c1-2-3-4-5-6-7-8-9-10-11-12-16(13,14)15;1-3-7-11(8-4-1)13-12-9-5-2-6-10-12/h2-12H2,1H3,(H,13,14,15);1-10,13H. The van der Waals surface area contributed by atoms with E-state index in [4.69, 9.17) is 0 Å². The summed E-state index contributed by atoms with van der Waals surface area (Å²) in [4.78, 5) is 0. The summed E-state index contributed by atoms with van der Waals surface area (Å²) in [6, 6.07) is 21.3. The maximum absolute atomic E-state index is 10.3. The summed E-state index contributed by atoms with van der Waals surface area (Å²) in [7, 11) is -3.71. The van der Waals surface area contributed by atoms with E-state index in [1.165, 1.54) is 55.6 Å². The molecule has 2 aromatic rings. The Morgan fingerprint density at radius 1 is 0.655 bits per heavy atom. The smallest absolute Gasteiger partial charge is 0.0945 e. The average Bonchev–Trinajstić information content (AvgIpc) is 2.71. The minimum atomic E-state index is -3.98. The van der Waals surface area contributed by atoms with E-state index in [0.717, 1.165) is 12.8 Å². The Hall–Kier alpha value is -1.22. The van der Waals surface area contributed by atoms with Gasteiger partial charge >= 0.3 is 0 Å². The molecule has 0 aromatic heterocycles. The molecule has 0 radical (unpaired) electrons. The third kappa shape index (κ3) is 16.3. The molecule has 0 N–H and O–H groups in total. The molecule has 3 nitrogen and oxygen atoms in total. The molecule has 0 spiro atoms. The molecule has 0 saturated carbocycles. The van der Waals surface area contributed by atoms with E-state index in [2.05, 4.69) is 67.6 Å². The van der Waals surface area contributed by atoms with E-state index in [9.17, 15) is 13.0 Å². The second-order valence-electron chi connectivity index (χ2n) is 7.41. The highest BCUT2D eigenvalue weighted by atomic mass is 32.2. The molecule has 0 atom stereocenters. The van der Waals surface area contributed by atoms with E-state index < -0.39 is 10.1 Å². The maximum atomic E-state index is 10.3. The van der Waals surface area contributed by atoms with Crippen molar-refractivity contribution < 1.29 is 13.0 Å². The first-order chi connectivity index (χ1) is 14.0. The summed E-state index contributed by atoms with van der Waals surface area (Å²) in [5, 5.41) is 2.90. The molecule has 0 fully saturated rings. The van der Waals surface area contributed by atoms with Gasteiger partial charge in [-0.3, -0.25) is 0 Å². The van der Waals surface area contributed by atoms with Gasteiger partial charge in [0.1, 0.15) is 0 Å². The Bertz CT molecular complexity index is 681. The molecule has 5 heteroatoms. The Kier molecular flexibility index (Phi) is 14.7. The van der Waals surface area contributed by atoms with Crippen LogP contribution in [0.5, 0.6) is 0 Å². The summed E-state index contributed by atoms with van der Waals surface area (Å²) in [6.07, 6.45) is 11.4. The van der Waals surface area contributed by atoms with E-state index in [1.807, 2.05) is 0 Å². The van der Waals surface area contributed by atoms with E-state index in [0.29, 0.717) is 6.42 Å². The molecule has 0 amide bonds. The van der Waals surface area contributed by atoms with Crippen molar-refractivity contribution in [3.8, 4) is 0 Å². The predicted molar refractivity (Wildman–Crippen MR) is 128 cm³/mol. The zero-order chi connectivity index (χ0) is 21.2. The molecular weight excluding hydrogens is 399 g/mol. The molecule has 2 rings (SSSR count). The number of benzene rings is 2. The van der Waals surface area contributed by atoms with Crippen LogP contribution in [0.2, 0.25) is 0 Å². The molecule has 0 bridgehead atoms. The summed E-state index contributed by atoms with van der Waals surface area (Å²) >= 11 is 0. The van der Waals surface area contributed by atoms with Crippen molar-refractivity contribution >= 4 is 29.3 Å². The van der Waals surface area contributed by atoms with Crippen LogP contribution < -0.4 is 10.6 Å². The van der Waals surface area contributed by atoms with Crippen LogP contribution in [0.15, 0.2) is 60.7 Å². The van der Waals surface area contributed by atoms with Gasteiger partial charge in [-0.15, -0.1) is 0 Å². The lowest BCUT2D eigenvalue weighted by Crippen LogP contribution is -2.03. The third-order valence-electron chi connectivity index (χ3n) is 4.68. The van der Waals surface area contributed by atoms with Gasteiger partial charge in [-0.25, -0.2) is 8.42 Å². The Morgan fingerprint density at radius 3 is 1.41 bits per heavy atom. The Balaban J connectivity index is 0.000000294. The molecule has 2 aromatic carbocycles. The van der Waals surface area contributed by atoms with Crippen molar-refractivity contribution in [2.45, 2.75) is 71.1 Å². The first-order valence-corrected chi connectivity index (χ1v) is 13.6. The van der Waals surface area contributed by atoms with E-state index in [1.54, 1.807) is 0 Å². The summed E-state index contributed by atoms with van der Waals surface area (Å²) in [6.45, 7) is 2.21. The minimum Gasteiger partial charge on any atom is -0.748 e. The highest BCUT2D eigenvalue weighted by molar-refractivity contribution is 7.85. The Labute approximate surface area is 179 Å². The molecular formula is C24H37O3PS. The molecule has 0 saturated heterocycles. The summed E-state index contributed by atoms with van der Waals surface area (Å²) < 4.78 is 30.9. The third-order valence-corrected chi connectivity index (χ3v) is 6.91. The van der Waals surface area contributed by atoms with Crippen molar-refractivity contribution in [3.05, 3.63) is 60.7 Å². The highest BCUT2D eigenvalue weighted by Crippen LogP contribution is 2.11. The summed E-state index contributed by atoms with van der Waals surface area (Å²) in [5.41, 5.74) is 0. The highest BCUT2D eigenvalue weighted by Gasteiger charge is 2.00. The van der Waals surface area contributed by atoms with Gasteiger partial charge in [-0.1, -0.05) is 101 Å². The van der Waals surface area contributed by atoms with Gasteiger partial charge in [-0.2, -0.15) is 0 Å². The van der Waals surface area contributed by atoms with Crippen LogP contribution in [0.4, 0.5) is 0 Å². The molecule has 162 valence electrons. The second-order valence-corrected chi connectivity index (χ2v) is 10.6. The van der Waals surface area contributed by atoms with Crippen LogP contribution in [-0.2, 0) is 10.1 Å². The van der Waals surface area contributed by atoms with E-state index >= 15 is 0 Å². The summed E-state index contributed by atoms with van der Waals surface area (Å²) in [5.74, 6) is -0.191. The van der Waals surface area contributed by atoms with Crippen molar-refractivity contribution in [1.29, 1.82) is 0 Å². The zero-order valence-corrected chi connectivity index (χ0v) is 19.7. The number of hydrogen-bond acceptors (Lipinski definition) is 3. The topological polar surface area (TPSA) is 57.2 Å². The SMILES string of the molecule is CCCCCCCCCCCCS(=O)(=O)[O-].c1ccc([PH2+]c2ccccc2)cc1. The fourth-order valence-electron chi connectivity index (χ4n) is 3.06. The van der Waals surface area contributed by atoms with Crippen LogP contribution in [0.1, 0.15) is 71.1 Å².